The molecule has 158 valence electrons. The summed E-state index contributed by atoms with van der Waals surface area (Å²) in [5, 5.41) is 14.9. The van der Waals surface area contributed by atoms with E-state index >= 15 is 0 Å². The van der Waals surface area contributed by atoms with E-state index in [9.17, 15) is 18.0 Å². The van der Waals surface area contributed by atoms with Crippen LogP contribution in [-0.2, 0) is 6.18 Å². The van der Waals surface area contributed by atoms with Gasteiger partial charge in [-0.15, -0.1) is 0 Å². The Kier molecular flexibility index (Phi) is 5.34. The zero-order valence-corrected chi connectivity index (χ0v) is 16.2. The monoisotopic (exact) mass is 447 g/mol. The van der Waals surface area contributed by atoms with Gasteiger partial charge in [0, 0.05) is 17.1 Å². The molecule has 0 radical (unpaired) electrons. The van der Waals surface area contributed by atoms with Gasteiger partial charge in [-0.3, -0.25) is 5.10 Å². The molecule has 0 fully saturated rings. The fraction of sp³-hybridized carbons (Fsp3) is 0.0526. The maximum Gasteiger partial charge on any atom is 0.417 e. The first kappa shape index (κ1) is 20.4. The molecule has 0 bridgehead atoms. The lowest BCUT2D eigenvalue weighted by Gasteiger charge is -2.12. The van der Waals surface area contributed by atoms with Crippen LogP contribution in [0.5, 0.6) is 0 Å². The van der Waals surface area contributed by atoms with Crippen molar-refractivity contribution in [3.05, 3.63) is 65.6 Å². The van der Waals surface area contributed by atoms with Gasteiger partial charge in [-0.05, 0) is 42.5 Å². The predicted molar refractivity (Wildman–Crippen MR) is 111 cm³/mol. The number of rotatable bonds is 4. The zero-order chi connectivity index (χ0) is 22.0. The summed E-state index contributed by atoms with van der Waals surface area (Å²) >= 11 is 5.58. The highest BCUT2D eigenvalue weighted by molar-refractivity contribution is 6.31. The number of hydrogen-bond acceptors (Lipinski definition) is 5. The average molecular weight is 448 g/mol. The van der Waals surface area contributed by atoms with Crippen molar-refractivity contribution in [2.45, 2.75) is 6.18 Å². The summed E-state index contributed by atoms with van der Waals surface area (Å²) in [6, 6.07) is 9.08. The molecule has 2 heterocycles. The SMILES string of the molecule is O=C(Nc1ccc(Nc2ncnc3[nH]ncc23)cc1)Nc1ccc(Cl)c(C(F)(F)F)c1. The van der Waals surface area contributed by atoms with Gasteiger partial charge in [0.15, 0.2) is 5.65 Å². The number of H-pyrrole nitrogens is 1. The second kappa shape index (κ2) is 8.11. The van der Waals surface area contributed by atoms with Crippen LogP contribution in [0.15, 0.2) is 55.0 Å². The highest BCUT2D eigenvalue weighted by Gasteiger charge is 2.33. The fourth-order valence-corrected chi connectivity index (χ4v) is 2.98. The Morgan fingerprint density at radius 2 is 1.65 bits per heavy atom. The zero-order valence-electron chi connectivity index (χ0n) is 15.5. The van der Waals surface area contributed by atoms with Crippen LogP contribution in [0.2, 0.25) is 5.02 Å². The highest BCUT2D eigenvalue weighted by atomic mass is 35.5. The number of anilines is 4. The molecule has 4 rings (SSSR count). The van der Waals surface area contributed by atoms with Crippen molar-refractivity contribution in [3.63, 3.8) is 0 Å². The van der Waals surface area contributed by atoms with E-state index in [1.54, 1.807) is 30.5 Å². The number of benzene rings is 2. The van der Waals surface area contributed by atoms with Gasteiger partial charge in [0.05, 0.1) is 22.2 Å². The van der Waals surface area contributed by atoms with Gasteiger partial charge in [0.25, 0.3) is 0 Å². The molecule has 0 aliphatic carbocycles. The maximum absolute atomic E-state index is 12.9. The van der Waals surface area contributed by atoms with Crippen LogP contribution in [0.1, 0.15) is 5.56 Å². The number of hydrogen-bond donors (Lipinski definition) is 4. The number of carbonyl (C=O) groups excluding carboxylic acids is 1. The Morgan fingerprint density at radius 3 is 2.39 bits per heavy atom. The number of urea groups is 1. The average Bonchev–Trinajstić information content (AvgIpc) is 3.20. The van der Waals surface area contributed by atoms with Gasteiger partial charge < -0.3 is 16.0 Å². The number of aromatic amines is 1. The maximum atomic E-state index is 12.9. The first-order valence-corrected chi connectivity index (χ1v) is 9.13. The summed E-state index contributed by atoms with van der Waals surface area (Å²) in [5.41, 5.74) is 0.645. The molecule has 0 saturated carbocycles. The topological polar surface area (TPSA) is 108 Å². The molecular formula is C19H13ClF3N7O. The second-order valence-corrected chi connectivity index (χ2v) is 6.74. The Labute approximate surface area is 177 Å². The lowest BCUT2D eigenvalue weighted by Crippen LogP contribution is -2.19. The molecular weight excluding hydrogens is 435 g/mol. The van der Waals surface area contributed by atoms with E-state index in [2.05, 4.69) is 36.1 Å². The fourth-order valence-electron chi connectivity index (χ4n) is 2.75. The lowest BCUT2D eigenvalue weighted by atomic mass is 10.2. The van der Waals surface area contributed by atoms with Gasteiger partial charge in [-0.1, -0.05) is 11.6 Å². The third kappa shape index (κ3) is 4.67. The molecule has 0 aliphatic heterocycles. The number of halogens is 4. The van der Waals surface area contributed by atoms with E-state index in [-0.39, 0.29) is 5.69 Å². The predicted octanol–water partition coefficient (Wildman–Crippen LogP) is 5.41. The van der Waals surface area contributed by atoms with Gasteiger partial charge in [0.2, 0.25) is 0 Å². The molecule has 8 nitrogen and oxygen atoms in total. The smallest absolute Gasteiger partial charge is 0.340 e. The first-order chi connectivity index (χ1) is 14.8. The third-order valence-corrected chi connectivity index (χ3v) is 4.51. The number of fused-ring (bicyclic) bond motifs is 1. The highest BCUT2D eigenvalue weighted by Crippen LogP contribution is 2.36. The van der Waals surface area contributed by atoms with Crippen LogP contribution < -0.4 is 16.0 Å². The van der Waals surface area contributed by atoms with Crippen molar-refractivity contribution >= 4 is 51.5 Å². The van der Waals surface area contributed by atoms with Crippen molar-refractivity contribution in [1.29, 1.82) is 0 Å². The molecule has 12 heteroatoms. The molecule has 31 heavy (non-hydrogen) atoms. The first-order valence-electron chi connectivity index (χ1n) is 8.75. The third-order valence-electron chi connectivity index (χ3n) is 4.18. The molecule has 2 aromatic heterocycles. The summed E-state index contributed by atoms with van der Waals surface area (Å²) in [5.74, 6) is 0.556. The van der Waals surface area contributed by atoms with Crippen LogP contribution >= 0.6 is 11.6 Å². The van der Waals surface area contributed by atoms with Gasteiger partial charge in [0.1, 0.15) is 12.1 Å². The van der Waals surface area contributed by atoms with Gasteiger partial charge in [-0.2, -0.15) is 18.3 Å². The van der Waals surface area contributed by atoms with E-state index in [0.29, 0.717) is 28.2 Å². The van der Waals surface area contributed by atoms with E-state index < -0.39 is 22.8 Å². The van der Waals surface area contributed by atoms with E-state index in [1.807, 2.05) is 0 Å². The van der Waals surface area contributed by atoms with Crippen molar-refractivity contribution in [3.8, 4) is 0 Å². The Hall–Kier alpha value is -3.86. The van der Waals surface area contributed by atoms with Crippen LogP contribution in [0.4, 0.5) is 40.8 Å². The summed E-state index contributed by atoms with van der Waals surface area (Å²) in [6.07, 6.45) is -1.64. The van der Waals surface area contributed by atoms with E-state index in [0.717, 1.165) is 12.1 Å². The minimum absolute atomic E-state index is 0.0413. The quantitative estimate of drug-likeness (QED) is 0.334. The van der Waals surface area contributed by atoms with Crippen LogP contribution in [0, 0.1) is 0 Å². The molecule has 2 aromatic carbocycles. The Balaban J connectivity index is 1.41. The van der Waals surface area contributed by atoms with Gasteiger partial charge in [-0.25, -0.2) is 14.8 Å². The van der Waals surface area contributed by atoms with Crippen LogP contribution in [0.25, 0.3) is 11.0 Å². The van der Waals surface area contributed by atoms with E-state index in [1.165, 1.54) is 12.4 Å². The summed E-state index contributed by atoms with van der Waals surface area (Å²) in [4.78, 5) is 20.4. The van der Waals surface area contributed by atoms with Crippen LogP contribution in [-0.4, -0.2) is 26.2 Å². The number of aromatic nitrogens is 4. The summed E-state index contributed by atoms with van der Waals surface area (Å²) in [6.45, 7) is 0. The van der Waals surface area contributed by atoms with E-state index in [4.69, 9.17) is 11.6 Å². The Morgan fingerprint density at radius 1 is 0.968 bits per heavy atom. The molecule has 0 aliphatic rings. The summed E-state index contributed by atoms with van der Waals surface area (Å²) < 4.78 is 38.8. The van der Waals surface area contributed by atoms with Crippen molar-refractivity contribution < 1.29 is 18.0 Å². The number of amides is 2. The lowest BCUT2D eigenvalue weighted by molar-refractivity contribution is -0.137. The number of nitrogens with zero attached hydrogens (tertiary/aromatic N) is 3. The summed E-state index contributed by atoms with van der Waals surface area (Å²) in [7, 11) is 0. The Bertz CT molecular complexity index is 1240. The van der Waals surface area contributed by atoms with Crippen molar-refractivity contribution in [2.24, 2.45) is 0 Å². The molecule has 0 unspecified atom stereocenters. The standard InChI is InChI=1S/C19H13ClF3N7O/c20-15-6-5-12(7-14(15)19(21,22)23)29-18(31)28-11-3-1-10(2-4-11)27-16-13-8-26-30-17(13)25-9-24-16/h1-9H,(H2,28,29,31)(H2,24,25,26,27,30). The molecule has 2 amide bonds. The largest absolute Gasteiger partial charge is 0.417 e. The number of nitrogens with one attached hydrogen (secondary N) is 4. The minimum Gasteiger partial charge on any atom is -0.340 e. The normalized spacial score (nSPS) is 11.4. The molecule has 4 N–H and O–H groups in total. The number of alkyl halides is 3. The minimum atomic E-state index is -4.63. The second-order valence-electron chi connectivity index (χ2n) is 6.33. The van der Waals surface area contributed by atoms with Gasteiger partial charge >= 0.3 is 12.2 Å². The van der Waals surface area contributed by atoms with Crippen molar-refractivity contribution in [2.75, 3.05) is 16.0 Å². The molecule has 0 spiro atoms. The molecule has 0 atom stereocenters. The van der Waals surface area contributed by atoms with Crippen molar-refractivity contribution in [1.82, 2.24) is 20.2 Å². The molecule has 4 aromatic rings. The molecule has 0 saturated heterocycles. The number of carbonyl (C=O) groups is 1. The van der Waals surface area contributed by atoms with Crippen LogP contribution in [0.3, 0.4) is 0 Å².